The van der Waals surface area contributed by atoms with Crippen LogP contribution < -0.4 is 10.0 Å². The summed E-state index contributed by atoms with van der Waals surface area (Å²) in [6.45, 7) is 3.87. The predicted octanol–water partition coefficient (Wildman–Crippen LogP) is 4.55. The molecule has 2 N–H and O–H groups in total. The fourth-order valence-electron chi connectivity index (χ4n) is 3.04. The number of rotatable bonds is 6. The zero-order valence-electron chi connectivity index (χ0n) is 17.7. The third kappa shape index (κ3) is 5.07. The van der Waals surface area contributed by atoms with E-state index in [0.717, 1.165) is 41.0 Å². The molecule has 168 valence electrons. The third-order valence-corrected chi connectivity index (χ3v) is 6.19. The van der Waals surface area contributed by atoms with Crippen molar-refractivity contribution in [3.63, 3.8) is 0 Å². The molecule has 3 aromatic carbocycles. The summed E-state index contributed by atoms with van der Waals surface area (Å²) < 4.78 is 45.8. The number of aryl methyl sites for hydroxylation is 2. The van der Waals surface area contributed by atoms with Crippen LogP contribution >= 0.6 is 0 Å². The van der Waals surface area contributed by atoms with Gasteiger partial charge in [-0.1, -0.05) is 22.8 Å². The molecule has 0 aliphatic carbocycles. The van der Waals surface area contributed by atoms with Gasteiger partial charge in [0.1, 0.15) is 5.82 Å². The first-order chi connectivity index (χ1) is 15.7. The maximum Gasteiger partial charge on any atom is 0.322 e. The third-order valence-electron chi connectivity index (χ3n) is 4.79. The number of aromatic nitrogens is 2. The van der Waals surface area contributed by atoms with Gasteiger partial charge in [0.25, 0.3) is 15.9 Å². The quantitative estimate of drug-likeness (QED) is 0.431. The second kappa shape index (κ2) is 8.83. The number of anilines is 2. The lowest BCUT2D eigenvalue weighted by molar-refractivity contribution is 0.102. The maximum atomic E-state index is 13.0. The van der Waals surface area contributed by atoms with Crippen LogP contribution in [0.4, 0.5) is 16.1 Å². The molecule has 1 heterocycles. The summed E-state index contributed by atoms with van der Waals surface area (Å²) in [6.07, 6.45) is 0. The molecule has 1 amide bonds. The van der Waals surface area contributed by atoms with Gasteiger partial charge in [0.05, 0.1) is 4.90 Å². The number of carbonyl (C=O) groups is 1. The van der Waals surface area contributed by atoms with Gasteiger partial charge in [-0.15, -0.1) is 5.10 Å². The minimum Gasteiger partial charge on any atom is -0.403 e. The lowest BCUT2D eigenvalue weighted by Crippen LogP contribution is -2.14. The van der Waals surface area contributed by atoms with Crippen LogP contribution in [0.2, 0.25) is 0 Å². The molecule has 33 heavy (non-hydrogen) atoms. The Morgan fingerprint density at radius 2 is 1.64 bits per heavy atom. The Morgan fingerprint density at radius 1 is 0.939 bits per heavy atom. The predicted molar refractivity (Wildman–Crippen MR) is 121 cm³/mol. The number of sulfonamides is 1. The van der Waals surface area contributed by atoms with Crippen molar-refractivity contribution in [3.8, 4) is 11.5 Å². The van der Waals surface area contributed by atoms with Gasteiger partial charge in [-0.2, -0.15) is 0 Å². The summed E-state index contributed by atoms with van der Waals surface area (Å²) in [6, 6.07) is 16.0. The highest BCUT2D eigenvalue weighted by molar-refractivity contribution is 7.92. The maximum absolute atomic E-state index is 13.0. The van der Waals surface area contributed by atoms with E-state index in [1.165, 1.54) is 24.3 Å². The van der Waals surface area contributed by atoms with Gasteiger partial charge in [-0.3, -0.25) is 14.8 Å². The average Bonchev–Trinajstić information content (AvgIpc) is 3.24. The van der Waals surface area contributed by atoms with Gasteiger partial charge < -0.3 is 4.42 Å². The van der Waals surface area contributed by atoms with Crippen molar-refractivity contribution in [2.45, 2.75) is 18.7 Å². The number of carbonyl (C=O) groups excluding carboxylic acids is 1. The van der Waals surface area contributed by atoms with E-state index in [4.69, 9.17) is 4.42 Å². The van der Waals surface area contributed by atoms with E-state index >= 15 is 0 Å². The lowest BCUT2D eigenvalue weighted by atomic mass is 10.1. The molecule has 0 aliphatic heterocycles. The van der Waals surface area contributed by atoms with Crippen LogP contribution in [0, 0.1) is 19.7 Å². The van der Waals surface area contributed by atoms with Gasteiger partial charge in [-0.25, -0.2) is 12.8 Å². The summed E-state index contributed by atoms with van der Waals surface area (Å²) in [4.78, 5) is 12.4. The number of amides is 1. The molecule has 8 nitrogen and oxygen atoms in total. The van der Waals surface area contributed by atoms with E-state index in [-0.39, 0.29) is 28.1 Å². The zero-order chi connectivity index (χ0) is 23.6. The summed E-state index contributed by atoms with van der Waals surface area (Å²) in [5.74, 6) is -0.747. The van der Waals surface area contributed by atoms with E-state index in [0.29, 0.717) is 0 Å². The number of halogens is 1. The lowest BCUT2D eigenvalue weighted by Gasteiger charge is -2.08. The minimum atomic E-state index is -3.89. The Hall–Kier alpha value is -4.05. The fourth-order valence-corrected chi connectivity index (χ4v) is 4.09. The van der Waals surface area contributed by atoms with Crippen molar-refractivity contribution in [2.75, 3.05) is 10.0 Å². The van der Waals surface area contributed by atoms with E-state index in [1.807, 2.05) is 32.0 Å². The highest BCUT2D eigenvalue weighted by Gasteiger charge is 2.16. The van der Waals surface area contributed by atoms with Gasteiger partial charge >= 0.3 is 6.01 Å². The van der Waals surface area contributed by atoms with Crippen LogP contribution in [0.15, 0.2) is 76.0 Å². The number of nitrogens with one attached hydrogen (secondary N) is 2. The molecular weight excluding hydrogens is 447 g/mol. The molecule has 10 heteroatoms. The standard InChI is InChI=1S/C23H19FN4O4S/c1-14-3-4-15(2)20(13-14)22-26-27-23(32-22)25-21(29)16-5-9-18(10-6-16)28-33(30,31)19-11-7-17(24)8-12-19/h3-13,28H,1-2H3,(H,25,27,29). The second-order valence-electron chi connectivity index (χ2n) is 7.32. The molecule has 0 atom stereocenters. The van der Waals surface area contributed by atoms with Gasteiger partial charge in [0.15, 0.2) is 0 Å². The van der Waals surface area contributed by atoms with Crippen LogP contribution in [-0.4, -0.2) is 24.5 Å². The monoisotopic (exact) mass is 466 g/mol. The number of hydrogen-bond donors (Lipinski definition) is 2. The van der Waals surface area contributed by atoms with Crippen molar-refractivity contribution < 1.29 is 22.0 Å². The van der Waals surface area contributed by atoms with Crippen LogP contribution in [-0.2, 0) is 10.0 Å². The summed E-state index contributed by atoms with van der Waals surface area (Å²) in [7, 11) is -3.89. The van der Waals surface area contributed by atoms with E-state index in [1.54, 1.807) is 0 Å². The highest BCUT2D eigenvalue weighted by atomic mass is 32.2. The van der Waals surface area contributed by atoms with Gasteiger partial charge in [0, 0.05) is 16.8 Å². The first-order valence-electron chi connectivity index (χ1n) is 9.82. The number of benzene rings is 3. The molecular formula is C23H19FN4O4S. The van der Waals surface area contributed by atoms with Crippen LogP contribution in [0.5, 0.6) is 0 Å². The van der Waals surface area contributed by atoms with Crippen molar-refractivity contribution in [1.82, 2.24) is 10.2 Å². The summed E-state index contributed by atoms with van der Waals surface area (Å²) >= 11 is 0. The van der Waals surface area contributed by atoms with Gasteiger partial charge in [0.2, 0.25) is 5.89 Å². The van der Waals surface area contributed by atoms with E-state index in [2.05, 4.69) is 20.2 Å². The van der Waals surface area contributed by atoms with Gasteiger partial charge in [-0.05, 0) is 74.0 Å². The molecule has 0 unspecified atom stereocenters. The molecule has 0 saturated heterocycles. The zero-order valence-corrected chi connectivity index (χ0v) is 18.5. The largest absolute Gasteiger partial charge is 0.403 e. The first-order valence-corrected chi connectivity index (χ1v) is 11.3. The van der Waals surface area contributed by atoms with Crippen molar-refractivity contribution in [1.29, 1.82) is 0 Å². The normalized spacial score (nSPS) is 11.2. The van der Waals surface area contributed by atoms with Crippen molar-refractivity contribution in [2.24, 2.45) is 0 Å². The Kier molecular flexibility index (Phi) is 5.93. The molecule has 1 aromatic heterocycles. The number of hydrogen-bond acceptors (Lipinski definition) is 6. The van der Waals surface area contributed by atoms with Crippen LogP contribution in [0.3, 0.4) is 0 Å². The van der Waals surface area contributed by atoms with Crippen LogP contribution in [0.1, 0.15) is 21.5 Å². The highest BCUT2D eigenvalue weighted by Crippen LogP contribution is 2.25. The molecule has 0 radical (unpaired) electrons. The Morgan fingerprint density at radius 3 is 2.33 bits per heavy atom. The molecule has 0 bridgehead atoms. The molecule has 4 rings (SSSR count). The molecule has 0 saturated carbocycles. The Labute approximate surface area is 189 Å². The smallest absolute Gasteiger partial charge is 0.322 e. The van der Waals surface area contributed by atoms with E-state index in [9.17, 15) is 17.6 Å². The summed E-state index contributed by atoms with van der Waals surface area (Å²) in [5.41, 5.74) is 3.27. The minimum absolute atomic E-state index is 0.0583. The first kappa shape index (κ1) is 22.2. The second-order valence-corrected chi connectivity index (χ2v) is 9.00. The summed E-state index contributed by atoms with van der Waals surface area (Å²) in [5, 5.41) is 10.4. The SMILES string of the molecule is Cc1ccc(C)c(-c2nnc(NC(=O)c3ccc(NS(=O)(=O)c4ccc(F)cc4)cc3)o2)c1. The van der Waals surface area contributed by atoms with Crippen molar-refractivity contribution in [3.05, 3.63) is 89.2 Å². The molecule has 0 aliphatic rings. The average molecular weight is 466 g/mol. The Bertz CT molecular complexity index is 1420. The molecule has 4 aromatic rings. The topological polar surface area (TPSA) is 114 Å². The Balaban J connectivity index is 1.44. The van der Waals surface area contributed by atoms with Crippen molar-refractivity contribution >= 4 is 27.6 Å². The van der Waals surface area contributed by atoms with Crippen LogP contribution in [0.25, 0.3) is 11.5 Å². The molecule has 0 spiro atoms. The fraction of sp³-hybridized carbons (Fsp3) is 0.0870. The van der Waals surface area contributed by atoms with E-state index < -0.39 is 21.7 Å². The number of nitrogens with zero attached hydrogens (tertiary/aromatic N) is 2. The molecule has 0 fully saturated rings.